The Morgan fingerprint density at radius 3 is 2.65 bits per heavy atom. The number of pyridine rings is 1. The molecule has 2 aromatic heterocycles. The summed E-state index contributed by atoms with van der Waals surface area (Å²) >= 11 is 5.74. The lowest BCUT2D eigenvalue weighted by Crippen LogP contribution is -2.41. The van der Waals surface area contributed by atoms with Gasteiger partial charge in [-0.25, -0.2) is 0 Å². The van der Waals surface area contributed by atoms with Crippen LogP contribution >= 0.6 is 12.2 Å². The summed E-state index contributed by atoms with van der Waals surface area (Å²) in [5.74, 6) is 0.782. The van der Waals surface area contributed by atoms with Crippen molar-refractivity contribution in [3.05, 3.63) is 106 Å². The summed E-state index contributed by atoms with van der Waals surface area (Å²) in [5, 5.41) is 4.96. The van der Waals surface area contributed by atoms with Crippen LogP contribution in [0.5, 0.6) is 0 Å². The molecule has 0 saturated heterocycles. The van der Waals surface area contributed by atoms with Crippen molar-refractivity contribution in [2.24, 2.45) is 0 Å². The highest BCUT2D eigenvalue weighted by atomic mass is 32.1. The van der Waals surface area contributed by atoms with Gasteiger partial charge in [-0.1, -0.05) is 42.5 Å². The van der Waals surface area contributed by atoms with E-state index in [1.165, 1.54) is 0 Å². The highest BCUT2D eigenvalue weighted by molar-refractivity contribution is 7.80. The van der Waals surface area contributed by atoms with Crippen molar-refractivity contribution in [3.8, 4) is 0 Å². The number of nitrogens with one attached hydrogen (secondary N) is 2. The number of hydrogen-bond acceptors (Lipinski definition) is 3. The van der Waals surface area contributed by atoms with E-state index in [9.17, 15) is 4.79 Å². The zero-order chi connectivity index (χ0) is 21.8. The molecule has 4 aromatic rings. The number of aromatic amines is 1. The molecule has 0 amide bonds. The third-order valence-corrected chi connectivity index (χ3v) is 5.67. The topological polar surface area (TPSA) is 61.3 Å². The van der Waals surface area contributed by atoms with Crippen LogP contribution in [0.25, 0.3) is 10.9 Å². The molecule has 0 aliphatic carbocycles. The van der Waals surface area contributed by atoms with Gasteiger partial charge in [0.05, 0.1) is 25.4 Å². The van der Waals surface area contributed by atoms with Gasteiger partial charge in [0.2, 0.25) is 0 Å². The molecule has 1 unspecified atom stereocenters. The van der Waals surface area contributed by atoms with Gasteiger partial charge in [0.25, 0.3) is 5.56 Å². The maximum Gasteiger partial charge on any atom is 0.253 e. The lowest BCUT2D eigenvalue weighted by Gasteiger charge is -2.27. The number of aromatic nitrogens is 1. The fourth-order valence-corrected chi connectivity index (χ4v) is 3.88. The Morgan fingerprint density at radius 2 is 1.90 bits per heavy atom. The Balaban J connectivity index is 1.60. The van der Waals surface area contributed by atoms with Crippen LogP contribution in [0.3, 0.4) is 0 Å². The Labute approximate surface area is 186 Å². The van der Waals surface area contributed by atoms with E-state index in [1.807, 2.05) is 66.4 Å². The predicted octanol–water partition coefficient (Wildman–Crippen LogP) is 5.07. The molecule has 0 bridgehead atoms. The van der Waals surface area contributed by atoms with Crippen molar-refractivity contribution < 1.29 is 4.42 Å². The lowest BCUT2D eigenvalue weighted by atomic mass is 10.1. The van der Waals surface area contributed by atoms with Gasteiger partial charge < -0.3 is 19.6 Å². The van der Waals surface area contributed by atoms with Crippen LogP contribution in [0.2, 0.25) is 0 Å². The van der Waals surface area contributed by atoms with Crippen molar-refractivity contribution >= 4 is 28.2 Å². The number of aryl methyl sites for hydroxylation is 1. The number of H-pyrrole nitrogens is 1. The molecule has 4 rings (SSSR count). The van der Waals surface area contributed by atoms with Crippen LogP contribution in [-0.4, -0.2) is 15.0 Å². The molecule has 0 spiro atoms. The second kappa shape index (κ2) is 9.18. The molecule has 5 nitrogen and oxygen atoms in total. The van der Waals surface area contributed by atoms with E-state index >= 15 is 0 Å². The lowest BCUT2D eigenvalue weighted by molar-refractivity contribution is 0.347. The highest BCUT2D eigenvalue weighted by Gasteiger charge is 2.17. The standard InChI is InChI=1S/C25H25N3O2S/c1-17-10-11-20-14-21(24(29)27-23(20)13-17)15-28(16-22-9-6-12-30-22)25(31)26-18(2)19-7-4-3-5-8-19/h3-14,18H,15-16H2,1-2H3,(H,26,31)(H,27,29). The molecule has 0 radical (unpaired) electrons. The number of rotatable bonds is 6. The van der Waals surface area contributed by atoms with Crippen LogP contribution in [0.15, 0.2) is 82.2 Å². The van der Waals surface area contributed by atoms with Crippen molar-refractivity contribution in [3.63, 3.8) is 0 Å². The molecule has 2 heterocycles. The van der Waals surface area contributed by atoms with Crippen LogP contribution < -0.4 is 10.9 Å². The number of nitrogens with zero attached hydrogens (tertiary/aromatic N) is 1. The van der Waals surface area contributed by atoms with E-state index in [0.29, 0.717) is 23.8 Å². The average Bonchev–Trinajstić information content (AvgIpc) is 3.27. The summed E-state index contributed by atoms with van der Waals surface area (Å²) in [6.45, 7) is 4.91. The van der Waals surface area contributed by atoms with Crippen molar-refractivity contribution in [2.75, 3.05) is 0 Å². The van der Waals surface area contributed by atoms with E-state index in [2.05, 4.69) is 29.4 Å². The molecule has 0 aliphatic heterocycles. The first kappa shape index (κ1) is 20.9. The van der Waals surface area contributed by atoms with Gasteiger partial charge in [0.15, 0.2) is 5.11 Å². The summed E-state index contributed by atoms with van der Waals surface area (Å²) in [5.41, 5.74) is 3.63. The second-order valence-electron chi connectivity index (χ2n) is 7.73. The number of furan rings is 1. The summed E-state index contributed by atoms with van der Waals surface area (Å²) in [4.78, 5) is 17.7. The highest BCUT2D eigenvalue weighted by Crippen LogP contribution is 2.17. The summed E-state index contributed by atoms with van der Waals surface area (Å²) in [7, 11) is 0. The Hall–Kier alpha value is -3.38. The van der Waals surface area contributed by atoms with Crippen LogP contribution in [0.4, 0.5) is 0 Å². The number of fused-ring (bicyclic) bond motifs is 1. The van der Waals surface area contributed by atoms with Crippen LogP contribution in [-0.2, 0) is 13.1 Å². The Bertz CT molecular complexity index is 1230. The zero-order valence-electron chi connectivity index (χ0n) is 17.6. The van der Waals surface area contributed by atoms with Gasteiger partial charge in [0, 0.05) is 11.1 Å². The monoisotopic (exact) mass is 431 g/mol. The number of benzene rings is 2. The minimum Gasteiger partial charge on any atom is -0.467 e. The SMILES string of the molecule is Cc1ccc2cc(CN(Cc3ccco3)C(=S)NC(C)c3ccccc3)c(=O)[nH]c2c1. The first-order valence-electron chi connectivity index (χ1n) is 10.2. The molecule has 6 heteroatoms. The van der Waals surface area contributed by atoms with Crippen molar-refractivity contribution in [1.82, 2.24) is 15.2 Å². The number of hydrogen-bond donors (Lipinski definition) is 2. The maximum absolute atomic E-state index is 12.8. The molecular weight excluding hydrogens is 406 g/mol. The summed E-state index contributed by atoms with van der Waals surface area (Å²) in [6.07, 6.45) is 1.64. The van der Waals surface area contributed by atoms with Crippen LogP contribution in [0.1, 0.15) is 35.4 Å². The zero-order valence-corrected chi connectivity index (χ0v) is 18.4. The van der Waals surface area contributed by atoms with E-state index in [0.717, 1.165) is 27.8 Å². The van der Waals surface area contributed by atoms with Gasteiger partial charge in [-0.3, -0.25) is 4.79 Å². The minimum absolute atomic E-state index is 0.0330. The first-order chi connectivity index (χ1) is 15.0. The van der Waals surface area contributed by atoms with E-state index in [-0.39, 0.29) is 11.6 Å². The van der Waals surface area contributed by atoms with Crippen LogP contribution in [0, 0.1) is 6.92 Å². The first-order valence-corrected chi connectivity index (χ1v) is 10.7. The largest absolute Gasteiger partial charge is 0.467 e. The average molecular weight is 432 g/mol. The van der Waals surface area contributed by atoms with Gasteiger partial charge in [-0.2, -0.15) is 0 Å². The van der Waals surface area contributed by atoms with Gasteiger partial charge >= 0.3 is 0 Å². The minimum atomic E-state index is -0.110. The maximum atomic E-state index is 12.8. The Morgan fingerprint density at radius 1 is 1.10 bits per heavy atom. The van der Waals surface area contributed by atoms with E-state index in [1.54, 1.807) is 6.26 Å². The molecule has 2 N–H and O–H groups in total. The molecule has 31 heavy (non-hydrogen) atoms. The molecule has 1 atom stereocenters. The van der Waals surface area contributed by atoms with Gasteiger partial charge in [-0.05, 0) is 66.8 Å². The molecule has 158 valence electrons. The Kier molecular flexibility index (Phi) is 6.18. The van der Waals surface area contributed by atoms with Crippen molar-refractivity contribution in [1.29, 1.82) is 0 Å². The fraction of sp³-hybridized carbons (Fsp3) is 0.200. The molecule has 0 saturated carbocycles. The normalized spacial score (nSPS) is 11.9. The van der Waals surface area contributed by atoms with E-state index in [4.69, 9.17) is 16.6 Å². The predicted molar refractivity (Wildman–Crippen MR) is 128 cm³/mol. The van der Waals surface area contributed by atoms with E-state index < -0.39 is 0 Å². The smallest absolute Gasteiger partial charge is 0.253 e. The van der Waals surface area contributed by atoms with Crippen molar-refractivity contribution in [2.45, 2.75) is 33.0 Å². The molecule has 0 aliphatic rings. The van der Waals surface area contributed by atoms with Gasteiger partial charge in [0.1, 0.15) is 5.76 Å². The quantitative estimate of drug-likeness (QED) is 0.418. The number of thiocarbonyl (C=S) groups is 1. The fourth-order valence-electron chi connectivity index (χ4n) is 3.57. The molecule has 0 fully saturated rings. The second-order valence-corrected chi connectivity index (χ2v) is 8.12. The summed E-state index contributed by atoms with van der Waals surface area (Å²) < 4.78 is 5.54. The molecule has 2 aromatic carbocycles. The molecular formula is C25H25N3O2S. The third-order valence-electron chi connectivity index (χ3n) is 5.29. The summed E-state index contributed by atoms with van der Waals surface area (Å²) in [6, 6.07) is 21.9. The van der Waals surface area contributed by atoms with Gasteiger partial charge in [-0.15, -0.1) is 0 Å². The third kappa shape index (κ3) is 5.03.